The molecule has 3 aromatic rings. The minimum atomic E-state index is -0.239. The maximum Gasteiger partial charge on any atom is 0.272 e. The average molecular weight is 339 g/mol. The summed E-state index contributed by atoms with van der Waals surface area (Å²) in [6, 6.07) is 7.53. The van der Waals surface area contributed by atoms with Crippen LogP contribution in [0.15, 0.2) is 39.7 Å². The first-order valence-electron chi connectivity index (χ1n) is 8.23. The summed E-state index contributed by atoms with van der Waals surface area (Å²) >= 11 is 0. The molecule has 1 N–H and O–H groups in total. The Morgan fingerprint density at radius 2 is 2.00 bits per heavy atom. The maximum atomic E-state index is 12.5. The number of hydrogen-bond acceptors (Lipinski definition) is 4. The van der Waals surface area contributed by atoms with Gasteiger partial charge in [-0.25, -0.2) is 4.98 Å². The van der Waals surface area contributed by atoms with Gasteiger partial charge in [-0.1, -0.05) is 0 Å². The predicted octanol–water partition coefficient (Wildman–Crippen LogP) is 2.27. The Morgan fingerprint density at radius 3 is 2.72 bits per heavy atom. The van der Waals surface area contributed by atoms with Crippen LogP contribution < -0.4 is 10.9 Å². The van der Waals surface area contributed by atoms with Gasteiger partial charge in [-0.2, -0.15) is 0 Å². The molecule has 0 fully saturated rings. The van der Waals surface area contributed by atoms with Crippen LogP contribution >= 0.6 is 0 Å². The van der Waals surface area contributed by atoms with Crippen molar-refractivity contribution >= 4 is 16.9 Å². The summed E-state index contributed by atoms with van der Waals surface area (Å²) in [7, 11) is 0. The predicted molar refractivity (Wildman–Crippen MR) is 95.6 cm³/mol. The third kappa shape index (κ3) is 3.63. The van der Waals surface area contributed by atoms with Gasteiger partial charge in [-0.05, 0) is 56.2 Å². The van der Waals surface area contributed by atoms with Gasteiger partial charge >= 0.3 is 0 Å². The lowest BCUT2D eigenvalue weighted by molar-refractivity contribution is -0.121. The number of hydrogen-bond donors (Lipinski definition) is 1. The molecule has 0 unspecified atom stereocenters. The van der Waals surface area contributed by atoms with Crippen LogP contribution in [0.4, 0.5) is 0 Å². The molecule has 0 saturated heterocycles. The third-order valence-corrected chi connectivity index (χ3v) is 4.30. The highest BCUT2D eigenvalue weighted by atomic mass is 16.3. The van der Waals surface area contributed by atoms with Gasteiger partial charge < -0.3 is 9.73 Å². The molecule has 0 bridgehead atoms. The van der Waals surface area contributed by atoms with E-state index in [0.717, 1.165) is 22.4 Å². The van der Waals surface area contributed by atoms with Crippen LogP contribution in [0.1, 0.15) is 22.6 Å². The fraction of sp³-hybridized carbons (Fsp3) is 0.316. The first-order valence-corrected chi connectivity index (χ1v) is 8.23. The van der Waals surface area contributed by atoms with E-state index in [1.54, 1.807) is 13.2 Å². The number of carbonyl (C=O) groups is 1. The van der Waals surface area contributed by atoms with Crippen molar-refractivity contribution in [1.82, 2.24) is 14.9 Å². The van der Waals surface area contributed by atoms with Gasteiger partial charge in [0.25, 0.3) is 5.56 Å². The molecule has 0 aliphatic heterocycles. The van der Waals surface area contributed by atoms with Gasteiger partial charge in [-0.15, -0.1) is 0 Å². The summed E-state index contributed by atoms with van der Waals surface area (Å²) in [4.78, 5) is 29.1. The molecule has 1 amide bonds. The number of nitrogens with zero attached hydrogens (tertiary/aromatic N) is 2. The number of fused-ring (bicyclic) bond motifs is 1. The normalized spacial score (nSPS) is 11.0. The molecule has 2 aromatic heterocycles. The molecule has 0 spiro atoms. The molecule has 0 aliphatic rings. The smallest absolute Gasteiger partial charge is 0.272 e. The van der Waals surface area contributed by atoms with Gasteiger partial charge in [0.05, 0.1) is 17.3 Å². The van der Waals surface area contributed by atoms with Crippen molar-refractivity contribution in [3.8, 4) is 0 Å². The van der Waals surface area contributed by atoms with Crippen LogP contribution in [-0.2, 0) is 17.8 Å². The number of nitrogens with one attached hydrogen (secondary N) is 1. The number of carbonyl (C=O) groups excluding carboxylic acids is 1. The van der Waals surface area contributed by atoms with Crippen LogP contribution in [0.2, 0.25) is 0 Å². The zero-order valence-corrected chi connectivity index (χ0v) is 14.6. The molecule has 3 rings (SSSR count). The van der Waals surface area contributed by atoms with Gasteiger partial charge in [-0.3, -0.25) is 14.2 Å². The van der Waals surface area contributed by atoms with Crippen LogP contribution in [-0.4, -0.2) is 22.0 Å². The van der Waals surface area contributed by atoms with Crippen LogP contribution in [0.25, 0.3) is 11.0 Å². The summed E-state index contributed by atoms with van der Waals surface area (Å²) in [6.07, 6.45) is 2.22. The molecule has 6 nitrogen and oxygen atoms in total. The minimum absolute atomic E-state index is 0.0284. The van der Waals surface area contributed by atoms with E-state index in [2.05, 4.69) is 10.3 Å². The molecule has 25 heavy (non-hydrogen) atoms. The van der Waals surface area contributed by atoms with E-state index in [-0.39, 0.29) is 18.0 Å². The fourth-order valence-corrected chi connectivity index (χ4v) is 2.76. The second-order valence-corrected chi connectivity index (χ2v) is 6.19. The van der Waals surface area contributed by atoms with Crippen molar-refractivity contribution in [2.45, 2.75) is 33.7 Å². The number of aryl methyl sites for hydroxylation is 3. The Balaban J connectivity index is 1.82. The molecule has 1 aromatic carbocycles. The summed E-state index contributed by atoms with van der Waals surface area (Å²) in [5.74, 6) is 0.604. The Labute approximate surface area is 145 Å². The minimum Gasteiger partial charge on any atom is -0.469 e. The lowest BCUT2D eigenvalue weighted by atomic mass is 10.1. The molecule has 0 saturated carbocycles. The summed E-state index contributed by atoms with van der Waals surface area (Å²) in [5, 5.41) is 2.83. The molecule has 2 heterocycles. The average Bonchev–Trinajstić information content (AvgIpc) is 3.07. The van der Waals surface area contributed by atoms with E-state index < -0.39 is 0 Å². The molecule has 130 valence electrons. The lowest BCUT2D eigenvalue weighted by Crippen LogP contribution is -2.34. The number of benzene rings is 1. The van der Waals surface area contributed by atoms with E-state index in [0.29, 0.717) is 24.2 Å². The van der Waals surface area contributed by atoms with Gasteiger partial charge in [0.1, 0.15) is 18.0 Å². The van der Waals surface area contributed by atoms with Crippen molar-refractivity contribution in [1.29, 1.82) is 0 Å². The first-order chi connectivity index (χ1) is 12.0. The lowest BCUT2D eigenvalue weighted by Gasteiger charge is -2.13. The SMILES string of the molecule is Cc1cc2nc(C)c(=O)n(CC(=O)NCCc3ccco3)c2cc1C. The Bertz CT molecular complexity index is 972. The van der Waals surface area contributed by atoms with Gasteiger partial charge in [0.2, 0.25) is 5.91 Å². The number of furan rings is 1. The molecule has 6 heteroatoms. The summed E-state index contributed by atoms with van der Waals surface area (Å²) in [5.41, 5.74) is 3.72. The summed E-state index contributed by atoms with van der Waals surface area (Å²) in [6.45, 7) is 6.08. The zero-order chi connectivity index (χ0) is 18.0. The maximum absolute atomic E-state index is 12.5. The number of aromatic nitrogens is 2. The van der Waals surface area contributed by atoms with E-state index in [4.69, 9.17) is 4.42 Å². The first kappa shape index (κ1) is 17.0. The fourth-order valence-electron chi connectivity index (χ4n) is 2.76. The van der Waals surface area contributed by atoms with E-state index >= 15 is 0 Å². The Hall–Kier alpha value is -2.89. The highest BCUT2D eigenvalue weighted by Gasteiger charge is 2.12. The van der Waals surface area contributed by atoms with Gasteiger partial charge in [0.15, 0.2) is 0 Å². The van der Waals surface area contributed by atoms with E-state index in [1.165, 1.54) is 4.57 Å². The highest BCUT2D eigenvalue weighted by Crippen LogP contribution is 2.17. The van der Waals surface area contributed by atoms with Crippen molar-refractivity contribution in [3.05, 3.63) is 63.5 Å². The van der Waals surface area contributed by atoms with Crippen LogP contribution in [0, 0.1) is 20.8 Å². The van der Waals surface area contributed by atoms with Crippen LogP contribution in [0.3, 0.4) is 0 Å². The van der Waals surface area contributed by atoms with Crippen molar-refractivity contribution in [2.24, 2.45) is 0 Å². The molecular weight excluding hydrogens is 318 g/mol. The zero-order valence-electron chi connectivity index (χ0n) is 14.6. The topological polar surface area (TPSA) is 77.1 Å². The van der Waals surface area contributed by atoms with E-state index in [9.17, 15) is 9.59 Å². The van der Waals surface area contributed by atoms with Crippen molar-refractivity contribution in [2.75, 3.05) is 6.54 Å². The molecular formula is C19H21N3O3. The highest BCUT2D eigenvalue weighted by molar-refractivity contribution is 5.81. The van der Waals surface area contributed by atoms with Crippen LogP contribution in [0.5, 0.6) is 0 Å². The monoisotopic (exact) mass is 339 g/mol. The standard InChI is InChI=1S/C19H21N3O3/c1-12-9-16-17(10-13(12)2)22(19(24)14(3)21-16)11-18(23)20-7-6-15-5-4-8-25-15/h4-5,8-10H,6-7,11H2,1-3H3,(H,20,23). The largest absolute Gasteiger partial charge is 0.469 e. The van der Waals surface area contributed by atoms with Crippen molar-refractivity contribution < 1.29 is 9.21 Å². The Morgan fingerprint density at radius 1 is 1.24 bits per heavy atom. The second-order valence-electron chi connectivity index (χ2n) is 6.19. The molecule has 0 radical (unpaired) electrons. The molecule has 0 atom stereocenters. The quantitative estimate of drug-likeness (QED) is 0.773. The number of amides is 1. The number of rotatable bonds is 5. The Kier molecular flexibility index (Phi) is 4.70. The third-order valence-electron chi connectivity index (χ3n) is 4.30. The van der Waals surface area contributed by atoms with Crippen molar-refractivity contribution in [3.63, 3.8) is 0 Å². The second kappa shape index (κ2) is 6.93. The van der Waals surface area contributed by atoms with E-state index in [1.807, 2.05) is 38.1 Å². The summed E-state index contributed by atoms with van der Waals surface area (Å²) < 4.78 is 6.73. The van der Waals surface area contributed by atoms with Gasteiger partial charge in [0, 0.05) is 13.0 Å². The molecule has 0 aliphatic carbocycles.